The molecule has 0 saturated carbocycles. The Balaban J connectivity index is 2.17. The number of nitrogens with zero attached hydrogens (tertiary/aromatic N) is 3. The summed E-state index contributed by atoms with van der Waals surface area (Å²) in [6, 6.07) is 13.5. The summed E-state index contributed by atoms with van der Waals surface area (Å²) < 4.78 is 1.91. The van der Waals surface area contributed by atoms with Crippen molar-refractivity contribution in [3.63, 3.8) is 0 Å². The van der Waals surface area contributed by atoms with Crippen LogP contribution < -0.4 is 10.3 Å². The third-order valence-corrected chi connectivity index (χ3v) is 2.47. The molecule has 1 aromatic heterocycles. The quantitative estimate of drug-likeness (QED) is 0.635. The molecule has 2 aromatic rings. The molecule has 0 unspecified atom stereocenters. The minimum Gasteiger partial charge on any atom is -0.326 e. The van der Waals surface area contributed by atoms with Crippen molar-refractivity contribution in [2.24, 2.45) is 23.0 Å². The van der Waals surface area contributed by atoms with Crippen molar-refractivity contribution in [3.8, 4) is 0 Å². The number of nitrogens with two attached hydrogens (primary N) is 1. The average Bonchev–Trinajstić information content (AvgIpc) is 2.38. The van der Waals surface area contributed by atoms with Crippen molar-refractivity contribution in [2.75, 3.05) is 0 Å². The molecule has 0 aliphatic heterocycles. The van der Waals surface area contributed by atoms with Gasteiger partial charge in [-0.1, -0.05) is 18.2 Å². The van der Waals surface area contributed by atoms with Crippen molar-refractivity contribution < 1.29 is 4.57 Å². The standard InChI is InChI=1S/C13H15N4/c1-17-9-3-2-4-13(17)16-15-12-7-5-11(10-14)6-8-12/h2-9H,10,14H2,1H3/q+1. The van der Waals surface area contributed by atoms with Gasteiger partial charge in [0, 0.05) is 12.6 Å². The summed E-state index contributed by atoms with van der Waals surface area (Å²) in [5, 5.41) is 8.36. The summed E-state index contributed by atoms with van der Waals surface area (Å²) in [5.41, 5.74) is 7.44. The van der Waals surface area contributed by atoms with Crippen LogP contribution in [0.3, 0.4) is 0 Å². The first-order valence-electron chi connectivity index (χ1n) is 5.45. The first-order chi connectivity index (χ1) is 8.29. The van der Waals surface area contributed by atoms with Gasteiger partial charge in [0.1, 0.15) is 5.69 Å². The van der Waals surface area contributed by atoms with Crippen LogP contribution in [0.4, 0.5) is 11.5 Å². The van der Waals surface area contributed by atoms with Gasteiger partial charge in [-0.15, -0.1) is 0 Å². The maximum atomic E-state index is 5.53. The minimum atomic E-state index is 0.547. The van der Waals surface area contributed by atoms with Crippen LogP contribution in [-0.2, 0) is 13.6 Å². The summed E-state index contributed by atoms with van der Waals surface area (Å²) in [7, 11) is 1.94. The molecule has 1 heterocycles. The van der Waals surface area contributed by atoms with Crippen LogP contribution in [0, 0.1) is 0 Å². The van der Waals surface area contributed by atoms with E-state index >= 15 is 0 Å². The van der Waals surface area contributed by atoms with Gasteiger partial charge in [0.2, 0.25) is 0 Å². The third kappa shape index (κ3) is 2.95. The maximum absolute atomic E-state index is 5.53. The van der Waals surface area contributed by atoms with Crippen molar-refractivity contribution in [1.29, 1.82) is 0 Å². The van der Waals surface area contributed by atoms with E-state index in [1.54, 1.807) is 0 Å². The molecule has 0 aliphatic rings. The SMILES string of the molecule is C[n+]1ccccc1/N=N/c1ccc(CN)cc1. The molecule has 0 bridgehead atoms. The molecule has 0 spiro atoms. The smallest absolute Gasteiger partial charge is 0.326 e. The van der Waals surface area contributed by atoms with Crippen molar-refractivity contribution in [3.05, 3.63) is 54.2 Å². The highest BCUT2D eigenvalue weighted by atomic mass is 15.2. The van der Waals surface area contributed by atoms with Crippen LogP contribution in [0.15, 0.2) is 58.9 Å². The molecular weight excluding hydrogens is 212 g/mol. The van der Waals surface area contributed by atoms with Gasteiger partial charge in [0.05, 0.1) is 18.4 Å². The van der Waals surface area contributed by atoms with Gasteiger partial charge < -0.3 is 5.73 Å². The Morgan fingerprint density at radius 3 is 2.47 bits per heavy atom. The highest BCUT2D eigenvalue weighted by molar-refractivity contribution is 5.38. The Hall–Kier alpha value is -2.07. The average molecular weight is 227 g/mol. The molecule has 86 valence electrons. The van der Waals surface area contributed by atoms with Crippen LogP contribution in [0.2, 0.25) is 0 Å². The number of benzene rings is 1. The molecule has 0 radical (unpaired) electrons. The van der Waals surface area contributed by atoms with Crippen LogP contribution in [0.25, 0.3) is 0 Å². The topological polar surface area (TPSA) is 54.6 Å². The van der Waals surface area contributed by atoms with Crippen LogP contribution in [0.5, 0.6) is 0 Å². The molecule has 2 N–H and O–H groups in total. The Bertz CT molecular complexity index is 517. The summed E-state index contributed by atoms with van der Waals surface area (Å²) >= 11 is 0. The number of hydrogen-bond acceptors (Lipinski definition) is 3. The summed E-state index contributed by atoms with van der Waals surface area (Å²) in [6.45, 7) is 0.547. The lowest BCUT2D eigenvalue weighted by Crippen LogP contribution is -2.26. The highest BCUT2D eigenvalue weighted by Crippen LogP contribution is 2.15. The molecule has 0 atom stereocenters. The third-order valence-electron chi connectivity index (χ3n) is 2.47. The van der Waals surface area contributed by atoms with E-state index < -0.39 is 0 Å². The van der Waals surface area contributed by atoms with E-state index in [4.69, 9.17) is 5.73 Å². The lowest BCUT2D eigenvalue weighted by Gasteiger charge is -1.94. The number of pyridine rings is 1. The molecule has 2 rings (SSSR count). The Kier molecular flexibility index (Phi) is 3.57. The van der Waals surface area contributed by atoms with E-state index in [0.717, 1.165) is 17.1 Å². The second-order valence-corrected chi connectivity index (χ2v) is 3.74. The summed E-state index contributed by atoms with van der Waals surface area (Å²) in [5.74, 6) is 0.815. The Labute approximate surface area is 100 Å². The molecule has 0 aliphatic carbocycles. The lowest BCUT2D eigenvalue weighted by atomic mass is 10.2. The zero-order valence-electron chi connectivity index (χ0n) is 9.74. The van der Waals surface area contributed by atoms with Crippen molar-refractivity contribution in [1.82, 2.24) is 0 Å². The second kappa shape index (κ2) is 5.32. The van der Waals surface area contributed by atoms with Crippen LogP contribution >= 0.6 is 0 Å². The minimum absolute atomic E-state index is 0.547. The van der Waals surface area contributed by atoms with Gasteiger partial charge in [-0.3, -0.25) is 0 Å². The molecule has 1 aromatic carbocycles. The van der Waals surface area contributed by atoms with Gasteiger partial charge in [0.25, 0.3) is 0 Å². The normalized spacial score (nSPS) is 10.9. The van der Waals surface area contributed by atoms with E-state index in [1.807, 2.05) is 60.3 Å². The number of rotatable bonds is 3. The first-order valence-corrected chi connectivity index (χ1v) is 5.45. The summed E-state index contributed by atoms with van der Waals surface area (Å²) in [6.07, 6.45) is 1.94. The second-order valence-electron chi connectivity index (χ2n) is 3.74. The fraction of sp³-hybridized carbons (Fsp3) is 0.154. The van der Waals surface area contributed by atoms with Crippen molar-refractivity contribution >= 4 is 11.5 Å². The van der Waals surface area contributed by atoms with Crippen LogP contribution in [-0.4, -0.2) is 0 Å². The van der Waals surface area contributed by atoms with Gasteiger partial charge in [-0.25, -0.2) is 4.57 Å². The van der Waals surface area contributed by atoms with E-state index in [-0.39, 0.29) is 0 Å². The molecular formula is C13H15N4+. The molecule has 0 saturated heterocycles. The number of aryl methyl sites for hydroxylation is 1. The van der Waals surface area contributed by atoms with E-state index in [0.29, 0.717) is 6.54 Å². The van der Waals surface area contributed by atoms with Gasteiger partial charge >= 0.3 is 5.82 Å². The zero-order valence-corrected chi connectivity index (χ0v) is 9.74. The maximum Gasteiger partial charge on any atom is 0.350 e. The van der Waals surface area contributed by atoms with Crippen LogP contribution in [0.1, 0.15) is 5.56 Å². The fourth-order valence-electron chi connectivity index (χ4n) is 1.43. The Morgan fingerprint density at radius 1 is 1.06 bits per heavy atom. The predicted molar refractivity (Wildman–Crippen MR) is 66.1 cm³/mol. The lowest BCUT2D eigenvalue weighted by molar-refractivity contribution is -0.658. The zero-order chi connectivity index (χ0) is 12.1. The largest absolute Gasteiger partial charge is 0.350 e. The number of aromatic nitrogens is 1. The van der Waals surface area contributed by atoms with E-state index in [2.05, 4.69) is 10.2 Å². The molecule has 4 nitrogen and oxygen atoms in total. The van der Waals surface area contributed by atoms with E-state index in [9.17, 15) is 0 Å². The Morgan fingerprint density at radius 2 is 1.82 bits per heavy atom. The molecule has 4 heteroatoms. The fourth-order valence-corrected chi connectivity index (χ4v) is 1.43. The monoisotopic (exact) mass is 227 g/mol. The van der Waals surface area contributed by atoms with E-state index in [1.165, 1.54) is 0 Å². The highest BCUT2D eigenvalue weighted by Gasteiger charge is 2.03. The van der Waals surface area contributed by atoms with Gasteiger partial charge in [-0.05, 0) is 28.9 Å². The molecule has 17 heavy (non-hydrogen) atoms. The summed E-state index contributed by atoms with van der Waals surface area (Å²) in [4.78, 5) is 0. The van der Waals surface area contributed by atoms with Crippen molar-refractivity contribution in [2.45, 2.75) is 6.54 Å². The van der Waals surface area contributed by atoms with Gasteiger partial charge in [-0.2, -0.15) is 0 Å². The number of hydrogen-bond donors (Lipinski definition) is 1. The molecule has 0 fully saturated rings. The number of azo groups is 1. The predicted octanol–water partition coefficient (Wildman–Crippen LogP) is 2.39. The molecule has 0 amide bonds. The van der Waals surface area contributed by atoms with Gasteiger partial charge in [0.15, 0.2) is 0 Å². The first kappa shape index (κ1) is 11.4.